The Balaban J connectivity index is 1.28. The van der Waals surface area contributed by atoms with Gasteiger partial charge in [-0.2, -0.15) is 0 Å². The van der Waals surface area contributed by atoms with Crippen molar-refractivity contribution in [2.75, 3.05) is 5.32 Å². The van der Waals surface area contributed by atoms with Gasteiger partial charge in [0.1, 0.15) is 12.4 Å². The number of amides is 1. The Labute approximate surface area is 186 Å². The molecule has 1 N–H and O–H groups in total. The Morgan fingerprint density at radius 1 is 1.10 bits per heavy atom. The molecule has 0 atom stereocenters. The largest absolute Gasteiger partial charge is 0.487 e. The van der Waals surface area contributed by atoms with Crippen LogP contribution >= 0.6 is 34.4 Å². The zero-order valence-electron chi connectivity index (χ0n) is 16.1. The first-order valence-corrected chi connectivity index (χ1v) is 11.8. The number of thioether (sulfide) groups is 1. The fourth-order valence-corrected chi connectivity index (χ4v) is 4.84. The molecule has 1 amide bonds. The smallest absolute Gasteiger partial charge is 0.257 e. The zero-order chi connectivity index (χ0) is 20.8. The van der Waals surface area contributed by atoms with Gasteiger partial charge in [0.05, 0.1) is 10.7 Å². The van der Waals surface area contributed by atoms with Crippen molar-refractivity contribution in [3.05, 3.63) is 81.8 Å². The van der Waals surface area contributed by atoms with Crippen molar-refractivity contribution < 1.29 is 9.53 Å². The van der Waals surface area contributed by atoms with Crippen LogP contribution in [0.1, 0.15) is 26.6 Å². The number of carbonyl (C=O) groups is 1. The number of benzene rings is 2. The lowest BCUT2D eigenvalue weighted by molar-refractivity contribution is 0.102. The molecule has 30 heavy (non-hydrogen) atoms. The summed E-state index contributed by atoms with van der Waals surface area (Å²) in [7, 11) is 0. The fourth-order valence-electron chi connectivity index (χ4n) is 2.54. The average molecular weight is 455 g/mol. The van der Waals surface area contributed by atoms with E-state index in [1.54, 1.807) is 47.4 Å². The molecule has 0 aliphatic rings. The molecule has 6 nitrogen and oxygen atoms in total. The van der Waals surface area contributed by atoms with Gasteiger partial charge in [-0.25, -0.2) is 4.98 Å². The Morgan fingerprint density at radius 3 is 2.63 bits per heavy atom. The summed E-state index contributed by atoms with van der Waals surface area (Å²) < 4.78 is 6.53. The minimum atomic E-state index is -0.229. The lowest BCUT2D eigenvalue weighted by Gasteiger charge is -2.05. The van der Waals surface area contributed by atoms with Gasteiger partial charge in [0.15, 0.2) is 4.34 Å². The number of ether oxygens (including phenoxy) is 1. The predicted octanol–water partition coefficient (Wildman–Crippen LogP) is 5.43. The number of hydrogen-bond acceptors (Lipinski definition) is 8. The van der Waals surface area contributed by atoms with Gasteiger partial charge in [-0.15, -0.1) is 21.5 Å². The van der Waals surface area contributed by atoms with Crippen LogP contribution in [0.5, 0.6) is 5.75 Å². The molecule has 0 unspecified atom stereocenters. The summed E-state index contributed by atoms with van der Waals surface area (Å²) >= 11 is 4.56. The van der Waals surface area contributed by atoms with Gasteiger partial charge in [-0.3, -0.25) is 10.1 Å². The second-order valence-corrected chi connectivity index (χ2v) is 9.53. The van der Waals surface area contributed by atoms with Gasteiger partial charge >= 0.3 is 0 Å². The topological polar surface area (TPSA) is 77.0 Å². The van der Waals surface area contributed by atoms with Crippen LogP contribution in [-0.2, 0) is 12.4 Å². The van der Waals surface area contributed by atoms with Crippen molar-refractivity contribution in [2.24, 2.45) is 0 Å². The quantitative estimate of drug-likeness (QED) is 0.283. The van der Waals surface area contributed by atoms with Crippen LogP contribution in [0.25, 0.3) is 0 Å². The summed E-state index contributed by atoms with van der Waals surface area (Å²) in [5, 5.41) is 14.5. The van der Waals surface area contributed by atoms with Crippen LogP contribution in [0.15, 0.2) is 64.3 Å². The lowest BCUT2D eigenvalue weighted by Crippen LogP contribution is -2.11. The van der Waals surface area contributed by atoms with Gasteiger partial charge < -0.3 is 4.74 Å². The van der Waals surface area contributed by atoms with E-state index in [1.165, 1.54) is 16.9 Å². The molecule has 2 heterocycles. The predicted molar refractivity (Wildman–Crippen MR) is 121 cm³/mol. The maximum absolute atomic E-state index is 12.5. The molecule has 0 aliphatic carbocycles. The molecular formula is C21H18N4O2S3. The molecule has 9 heteroatoms. The van der Waals surface area contributed by atoms with E-state index >= 15 is 0 Å². The summed E-state index contributed by atoms with van der Waals surface area (Å²) in [5.74, 6) is 1.27. The highest BCUT2D eigenvalue weighted by Crippen LogP contribution is 2.28. The van der Waals surface area contributed by atoms with Crippen molar-refractivity contribution in [3.8, 4) is 5.75 Å². The highest BCUT2D eigenvalue weighted by atomic mass is 32.2. The summed E-state index contributed by atoms with van der Waals surface area (Å²) in [6, 6.07) is 17.2. The van der Waals surface area contributed by atoms with E-state index in [0.29, 0.717) is 23.1 Å². The van der Waals surface area contributed by atoms with Crippen molar-refractivity contribution in [3.63, 3.8) is 0 Å². The molecule has 0 radical (unpaired) electrons. The number of carbonyl (C=O) groups excluding carboxylic acids is 1. The van der Waals surface area contributed by atoms with E-state index in [1.807, 2.05) is 30.5 Å². The van der Waals surface area contributed by atoms with Gasteiger partial charge in [0, 0.05) is 16.7 Å². The van der Waals surface area contributed by atoms with Crippen LogP contribution in [0.4, 0.5) is 5.13 Å². The Morgan fingerprint density at radius 2 is 1.90 bits per heavy atom. The monoisotopic (exact) mass is 454 g/mol. The number of hydrogen-bond donors (Lipinski definition) is 1. The molecule has 0 bridgehead atoms. The van der Waals surface area contributed by atoms with Gasteiger partial charge in [0.25, 0.3) is 5.91 Å². The molecule has 0 spiro atoms. The van der Waals surface area contributed by atoms with Gasteiger partial charge in [-0.1, -0.05) is 53.4 Å². The third-order valence-corrected chi connectivity index (χ3v) is 6.87. The molecule has 4 rings (SSSR count). The maximum Gasteiger partial charge on any atom is 0.257 e. The number of anilines is 1. The first-order chi connectivity index (χ1) is 14.7. The molecule has 2 aromatic carbocycles. The van der Waals surface area contributed by atoms with E-state index in [-0.39, 0.29) is 5.91 Å². The van der Waals surface area contributed by atoms with Gasteiger partial charge in [0.2, 0.25) is 5.13 Å². The standard InChI is InChI=1S/C21H18N4O2S3/c1-14-22-17(13-28-14)11-27-18-9-7-16(8-10-18)19(26)23-20-24-25-21(30-20)29-12-15-5-3-2-4-6-15/h2-10,13H,11-12H2,1H3,(H,23,24,26). The summed E-state index contributed by atoms with van der Waals surface area (Å²) in [6.45, 7) is 2.37. The van der Waals surface area contributed by atoms with E-state index in [9.17, 15) is 4.79 Å². The number of nitrogens with zero attached hydrogens (tertiary/aromatic N) is 3. The maximum atomic E-state index is 12.5. The molecule has 0 saturated heterocycles. The third-order valence-electron chi connectivity index (χ3n) is 4.00. The van der Waals surface area contributed by atoms with Crippen LogP contribution < -0.4 is 10.1 Å². The molecule has 4 aromatic rings. The summed E-state index contributed by atoms with van der Waals surface area (Å²) in [6.07, 6.45) is 0. The second-order valence-electron chi connectivity index (χ2n) is 6.27. The van der Waals surface area contributed by atoms with E-state index in [4.69, 9.17) is 4.74 Å². The minimum absolute atomic E-state index is 0.229. The highest BCUT2D eigenvalue weighted by Gasteiger charge is 2.11. The molecule has 152 valence electrons. The van der Waals surface area contributed by atoms with E-state index in [0.717, 1.165) is 20.8 Å². The third kappa shape index (κ3) is 5.65. The highest BCUT2D eigenvalue weighted by molar-refractivity contribution is 8.00. The normalized spacial score (nSPS) is 10.7. The Kier molecular flexibility index (Phi) is 6.73. The van der Waals surface area contributed by atoms with E-state index < -0.39 is 0 Å². The molecular weight excluding hydrogens is 436 g/mol. The number of nitrogens with one attached hydrogen (secondary N) is 1. The second kappa shape index (κ2) is 9.84. The average Bonchev–Trinajstić information content (AvgIpc) is 3.40. The van der Waals surface area contributed by atoms with Crippen LogP contribution in [-0.4, -0.2) is 21.1 Å². The van der Waals surface area contributed by atoms with Crippen LogP contribution in [0.2, 0.25) is 0 Å². The number of aryl methyl sites for hydroxylation is 1. The minimum Gasteiger partial charge on any atom is -0.487 e. The van der Waals surface area contributed by atoms with Crippen molar-refractivity contribution in [1.29, 1.82) is 0 Å². The Hall–Kier alpha value is -2.75. The summed E-state index contributed by atoms with van der Waals surface area (Å²) in [4.78, 5) is 16.8. The van der Waals surface area contributed by atoms with Gasteiger partial charge in [-0.05, 0) is 36.8 Å². The first kappa shape index (κ1) is 20.5. The van der Waals surface area contributed by atoms with Crippen molar-refractivity contribution in [2.45, 2.75) is 23.6 Å². The fraction of sp³-hybridized carbons (Fsp3) is 0.143. The molecule has 0 aliphatic heterocycles. The lowest BCUT2D eigenvalue weighted by atomic mass is 10.2. The number of thiazole rings is 1. The SMILES string of the molecule is Cc1nc(COc2ccc(C(=O)Nc3nnc(SCc4ccccc4)s3)cc2)cs1. The van der Waals surface area contributed by atoms with E-state index in [2.05, 4.69) is 32.6 Å². The van der Waals surface area contributed by atoms with Crippen LogP contribution in [0, 0.1) is 6.92 Å². The molecule has 0 fully saturated rings. The molecule has 2 aromatic heterocycles. The Bertz CT molecular complexity index is 1110. The van der Waals surface area contributed by atoms with Crippen molar-refractivity contribution in [1.82, 2.24) is 15.2 Å². The van der Waals surface area contributed by atoms with Crippen molar-refractivity contribution >= 4 is 45.5 Å². The number of aromatic nitrogens is 3. The summed E-state index contributed by atoms with van der Waals surface area (Å²) in [5.41, 5.74) is 2.65. The van der Waals surface area contributed by atoms with Crippen LogP contribution in [0.3, 0.4) is 0 Å². The molecule has 0 saturated carbocycles. The number of rotatable bonds is 8. The zero-order valence-corrected chi connectivity index (χ0v) is 18.5. The first-order valence-electron chi connectivity index (χ1n) is 9.11.